The van der Waals surface area contributed by atoms with Crippen LogP contribution in [-0.2, 0) is 14.3 Å². The van der Waals surface area contributed by atoms with Crippen molar-refractivity contribution in [1.82, 2.24) is 0 Å². The number of anilines is 2. The van der Waals surface area contributed by atoms with Gasteiger partial charge in [-0.25, -0.2) is 4.79 Å². The van der Waals surface area contributed by atoms with Crippen LogP contribution < -0.4 is 10.6 Å². The van der Waals surface area contributed by atoms with Crippen LogP contribution in [0.4, 0.5) is 11.4 Å². The number of esters is 1. The Morgan fingerprint density at radius 1 is 1.04 bits per heavy atom. The van der Waals surface area contributed by atoms with Gasteiger partial charge in [0, 0.05) is 11.4 Å². The molecule has 0 radical (unpaired) electrons. The van der Waals surface area contributed by atoms with Gasteiger partial charge in [0.15, 0.2) is 6.10 Å². The number of nitrogens with zero attached hydrogens (tertiary/aromatic N) is 2. The van der Waals surface area contributed by atoms with Gasteiger partial charge in [-0.15, -0.1) is 0 Å². The molecule has 1 atom stereocenters. The number of ether oxygens (including phenoxy) is 1. The summed E-state index contributed by atoms with van der Waals surface area (Å²) in [6.45, 7) is 1.43. The molecule has 2 amide bonds. The van der Waals surface area contributed by atoms with E-state index in [0.717, 1.165) is 0 Å². The van der Waals surface area contributed by atoms with Crippen molar-refractivity contribution < 1.29 is 19.1 Å². The van der Waals surface area contributed by atoms with Crippen LogP contribution in [0.25, 0.3) is 0 Å². The number of hydrogen-bond donors (Lipinski definition) is 2. The number of rotatable bonds is 6. The van der Waals surface area contributed by atoms with E-state index >= 15 is 0 Å². The van der Waals surface area contributed by atoms with Crippen molar-refractivity contribution in [2.24, 2.45) is 0 Å². The van der Waals surface area contributed by atoms with Crippen LogP contribution in [0.15, 0.2) is 48.5 Å². The van der Waals surface area contributed by atoms with Crippen LogP contribution >= 0.6 is 0 Å². The standard InChI is InChI=1S/C20H16N4O4/c1-13(19(26)24-17-4-2-3-14(11-17)12-22)28-20(27)15-5-7-16(8-6-15)23-18(25)9-10-21/h2-8,11,13H,9H2,1H3,(H,23,25)(H,24,26)/t13-/m0/s1. The van der Waals surface area contributed by atoms with Gasteiger partial charge < -0.3 is 15.4 Å². The summed E-state index contributed by atoms with van der Waals surface area (Å²) in [5.41, 5.74) is 1.44. The van der Waals surface area contributed by atoms with Crippen molar-refractivity contribution in [1.29, 1.82) is 10.5 Å². The van der Waals surface area contributed by atoms with Gasteiger partial charge in [-0.3, -0.25) is 9.59 Å². The second-order valence-corrected chi connectivity index (χ2v) is 5.69. The smallest absolute Gasteiger partial charge is 0.338 e. The molecule has 0 saturated carbocycles. The van der Waals surface area contributed by atoms with Crippen LogP contribution in [0.2, 0.25) is 0 Å². The molecule has 0 heterocycles. The minimum Gasteiger partial charge on any atom is -0.449 e. The molecule has 0 aromatic heterocycles. The molecule has 8 heteroatoms. The highest BCUT2D eigenvalue weighted by atomic mass is 16.5. The third-order valence-electron chi connectivity index (χ3n) is 3.56. The van der Waals surface area contributed by atoms with Gasteiger partial charge in [-0.2, -0.15) is 10.5 Å². The molecule has 0 bridgehead atoms. The lowest BCUT2D eigenvalue weighted by Gasteiger charge is -2.14. The zero-order valence-electron chi connectivity index (χ0n) is 14.9. The van der Waals surface area contributed by atoms with Crippen molar-refractivity contribution in [3.8, 4) is 12.1 Å². The molecule has 2 N–H and O–H groups in total. The first-order valence-corrected chi connectivity index (χ1v) is 8.22. The van der Waals surface area contributed by atoms with Crippen LogP contribution in [0.1, 0.15) is 29.3 Å². The average molecular weight is 376 g/mol. The molecule has 8 nitrogen and oxygen atoms in total. The predicted molar refractivity (Wildman–Crippen MR) is 100.0 cm³/mol. The fraction of sp³-hybridized carbons (Fsp3) is 0.150. The summed E-state index contributed by atoms with van der Waals surface area (Å²) in [5, 5.41) is 22.4. The van der Waals surface area contributed by atoms with E-state index in [0.29, 0.717) is 16.9 Å². The second kappa shape index (κ2) is 9.51. The Kier molecular flexibility index (Phi) is 6.84. The molecule has 2 rings (SSSR count). The summed E-state index contributed by atoms with van der Waals surface area (Å²) >= 11 is 0. The fourth-order valence-electron chi connectivity index (χ4n) is 2.16. The van der Waals surface area contributed by atoms with E-state index in [4.69, 9.17) is 15.3 Å². The van der Waals surface area contributed by atoms with E-state index in [-0.39, 0.29) is 12.0 Å². The van der Waals surface area contributed by atoms with Crippen molar-refractivity contribution in [3.05, 3.63) is 59.7 Å². The Hall–Kier alpha value is -4.17. The Bertz CT molecular complexity index is 971. The normalized spacial score (nSPS) is 10.7. The van der Waals surface area contributed by atoms with Crippen LogP contribution in [0.5, 0.6) is 0 Å². The first-order chi connectivity index (χ1) is 13.4. The highest BCUT2D eigenvalue weighted by Crippen LogP contribution is 2.13. The van der Waals surface area contributed by atoms with Crippen molar-refractivity contribution in [2.75, 3.05) is 10.6 Å². The maximum atomic E-state index is 12.2. The van der Waals surface area contributed by atoms with E-state index in [9.17, 15) is 14.4 Å². The van der Waals surface area contributed by atoms with Crippen LogP contribution in [-0.4, -0.2) is 23.9 Å². The Labute approximate surface area is 161 Å². The third-order valence-corrected chi connectivity index (χ3v) is 3.56. The molecule has 0 unspecified atom stereocenters. The largest absolute Gasteiger partial charge is 0.449 e. The fourth-order valence-corrected chi connectivity index (χ4v) is 2.16. The van der Waals surface area contributed by atoms with Gasteiger partial charge in [0.05, 0.1) is 23.3 Å². The number of amides is 2. The quantitative estimate of drug-likeness (QED) is 0.745. The number of carbonyl (C=O) groups excluding carboxylic acids is 3. The Morgan fingerprint density at radius 2 is 1.75 bits per heavy atom. The van der Waals surface area contributed by atoms with Gasteiger partial charge in [-0.05, 0) is 49.4 Å². The first-order valence-electron chi connectivity index (χ1n) is 8.22. The van der Waals surface area contributed by atoms with E-state index < -0.39 is 23.9 Å². The lowest BCUT2D eigenvalue weighted by molar-refractivity contribution is -0.123. The van der Waals surface area contributed by atoms with Gasteiger partial charge in [0.25, 0.3) is 5.91 Å². The number of nitriles is 2. The molecule has 2 aromatic rings. The van der Waals surface area contributed by atoms with Crippen LogP contribution in [0.3, 0.4) is 0 Å². The molecule has 0 spiro atoms. The minimum absolute atomic E-state index is 0.199. The summed E-state index contributed by atoms with van der Waals surface area (Å²) in [4.78, 5) is 35.7. The molecule has 2 aromatic carbocycles. The summed E-state index contributed by atoms with van der Waals surface area (Å²) in [6, 6.07) is 15.9. The average Bonchev–Trinajstić information content (AvgIpc) is 2.68. The van der Waals surface area contributed by atoms with Gasteiger partial charge in [0.1, 0.15) is 6.42 Å². The van der Waals surface area contributed by atoms with Gasteiger partial charge in [0.2, 0.25) is 5.91 Å². The maximum Gasteiger partial charge on any atom is 0.338 e. The van der Waals surface area contributed by atoms with Gasteiger partial charge >= 0.3 is 5.97 Å². The highest BCUT2D eigenvalue weighted by molar-refractivity contribution is 5.98. The zero-order valence-corrected chi connectivity index (χ0v) is 14.9. The number of benzene rings is 2. The lowest BCUT2D eigenvalue weighted by atomic mass is 10.2. The molecule has 0 aliphatic carbocycles. The number of carbonyl (C=O) groups is 3. The SMILES string of the molecule is C[C@H](OC(=O)c1ccc(NC(=O)CC#N)cc1)C(=O)Nc1cccc(C#N)c1. The molecule has 140 valence electrons. The van der Waals surface area contributed by atoms with Crippen molar-refractivity contribution in [2.45, 2.75) is 19.4 Å². The lowest BCUT2D eigenvalue weighted by Crippen LogP contribution is -2.30. The molecular formula is C20H16N4O4. The summed E-state index contributed by atoms with van der Waals surface area (Å²) in [6.07, 6.45) is -1.33. The number of nitrogens with one attached hydrogen (secondary N) is 2. The predicted octanol–water partition coefficient (Wildman–Crippen LogP) is 2.59. The van der Waals surface area contributed by atoms with E-state index in [1.807, 2.05) is 6.07 Å². The summed E-state index contributed by atoms with van der Waals surface area (Å²) in [7, 11) is 0. The van der Waals surface area contributed by atoms with Crippen molar-refractivity contribution in [3.63, 3.8) is 0 Å². The Balaban J connectivity index is 1.94. The zero-order chi connectivity index (χ0) is 20.5. The van der Waals surface area contributed by atoms with Crippen LogP contribution in [0, 0.1) is 22.7 Å². The summed E-state index contributed by atoms with van der Waals surface area (Å²) in [5.74, 6) is -1.70. The molecule has 0 aliphatic heterocycles. The molecule has 0 fully saturated rings. The first kappa shape index (κ1) is 20.1. The van der Waals surface area contributed by atoms with E-state index in [2.05, 4.69) is 10.6 Å². The molecule has 28 heavy (non-hydrogen) atoms. The minimum atomic E-state index is -1.06. The number of hydrogen-bond acceptors (Lipinski definition) is 6. The van der Waals surface area contributed by atoms with Crippen molar-refractivity contribution >= 4 is 29.2 Å². The molecular weight excluding hydrogens is 360 g/mol. The topological polar surface area (TPSA) is 132 Å². The monoisotopic (exact) mass is 376 g/mol. The Morgan fingerprint density at radius 3 is 2.39 bits per heavy atom. The molecule has 0 aliphatic rings. The highest BCUT2D eigenvalue weighted by Gasteiger charge is 2.19. The maximum absolute atomic E-state index is 12.2. The third kappa shape index (κ3) is 5.68. The second-order valence-electron chi connectivity index (χ2n) is 5.69. The van der Waals surface area contributed by atoms with E-state index in [1.165, 1.54) is 37.3 Å². The van der Waals surface area contributed by atoms with Gasteiger partial charge in [-0.1, -0.05) is 6.07 Å². The van der Waals surface area contributed by atoms with E-state index in [1.54, 1.807) is 24.3 Å². The summed E-state index contributed by atoms with van der Waals surface area (Å²) < 4.78 is 5.14. The molecule has 0 saturated heterocycles.